The molecule has 4 rings (SSSR count). The van der Waals surface area contributed by atoms with Gasteiger partial charge in [-0.15, -0.1) is 6.58 Å². The average Bonchev–Trinajstić information content (AvgIpc) is 3.07. The summed E-state index contributed by atoms with van der Waals surface area (Å²) in [5.74, 6) is 2.70. The van der Waals surface area contributed by atoms with E-state index in [9.17, 15) is 17.6 Å². The summed E-state index contributed by atoms with van der Waals surface area (Å²) in [5, 5.41) is 0. The maximum Gasteiger partial charge on any atom is 0.419 e. The molecule has 0 aromatic heterocycles. The molecule has 0 aliphatic carbocycles. The normalized spacial score (nSPS) is 10.1. The van der Waals surface area contributed by atoms with Crippen LogP contribution >= 0.6 is 0 Å². The minimum atomic E-state index is -4.42. The molecule has 49 heavy (non-hydrogen) atoms. The van der Waals surface area contributed by atoms with E-state index in [1.54, 1.807) is 36.4 Å². The van der Waals surface area contributed by atoms with Crippen LogP contribution in [0.5, 0.6) is 23.0 Å². The highest BCUT2D eigenvalue weighted by Gasteiger charge is 2.34. The van der Waals surface area contributed by atoms with E-state index in [-0.39, 0.29) is 5.75 Å². The highest BCUT2D eigenvalue weighted by molar-refractivity contribution is 5.45. The first-order chi connectivity index (χ1) is 23.1. The van der Waals surface area contributed by atoms with Crippen molar-refractivity contribution in [1.29, 1.82) is 0 Å². The zero-order valence-corrected chi connectivity index (χ0v) is 30.0. The SMILES string of the molecule is C=C=O.C=CCC.CC.CCc1ccc(C(F)(F)F)c(Oc2ccc(C)cc2)c1.Cc1ccc(Oc2cc(CN)ccc2C(C)(C)F)cc1. The number of nitrogens with two attached hydrogens (primary N) is 1. The van der Waals surface area contributed by atoms with Crippen LogP contribution in [-0.4, -0.2) is 5.94 Å². The largest absolute Gasteiger partial charge is 0.457 e. The Bertz CT molecular complexity index is 1440. The number of halogens is 4. The Morgan fingerprint density at radius 2 is 1.10 bits per heavy atom. The smallest absolute Gasteiger partial charge is 0.419 e. The van der Waals surface area contributed by atoms with E-state index in [2.05, 4.69) is 20.1 Å². The number of alkyl halides is 4. The van der Waals surface area contributed by atoms with Gasteiger partial charge in [-0.25, -0.2) is 9.18 Å². The summed E-state index contributed by atoms with van der Waals surface area (Å²) >= 11 is 0. The predicted molar refractivity (Wildman–Crippen MR) is 195 cm³/mol. The van der Waals surface area contributed by atoms with Crippen LogP contribution < -0.4 is 15.2 Å². The van der Waals surface area contributed by atoms with Crippen molar-refractivity contribution >= 4 is 5.94 Å². The number of rotatable bonds is 8. The highest BCUT2D eigenvalue weighted by Crippen LogP contribution is 2.39. The fourth-order valence-corrected chi connectivity index (χ4v) is 3.84. The number of allylic oxidation sites excluding steroid dienone is 1. The van der Waals surface area contributed by atoms with Gasteiger partial charge in [-0.1, -0.05) is 87.4 Å². The Morgan fingerprint density at radius 1 is 0.735 bits per heavy atom. The van der Waals surface area contributed by atoms with E-state index in [0.717, 1.165) is 34.7 Å². The van der Waals surface area contributed by atoms with E-state index >= 15 is 0 Å². The van der Waals surface area contributed by atoms with Crippen LogP contribution in [0.3, 0.4) is 0 Å². The highest BCUT2D eigenvalue weighted by atomic mass is 19.4. The molecular weight excluding hydrogens is 630 g/mol. The van der Waals surface area contributed by atoms with E-state index < -0.39 is 17.4 Å². The van der Waals surface area contributed by atoms with Crippen LogP contribution in [0.2, 0.25) is 0 Å². The van der Waals surface area contributed by atoms with Crippen molar-refractivity contribution in [3.8, 4) is 23.0 Å². The third-order valence-electron chi connectivity index (χ3n) is 6.47. The molecule has 4 aromatic carbocycles. The topological polar surface area (TPSA) is 61.5 Å². The van der Waals surface area contributed by atoms with Gasteiger partial charge >= 0.3 is 6.18 Å². The standard InChI is InChI=1S/C17H20FNO.C16H15F3O.C4H8.C2H2O.C2H6/c1-12-4-7-14(8-5-12)20-16-10-13(11-19)6-9-15(16)17(2,3)18;1-3-12-6-9-14(16(17,18)19)15(10-12)20-13-7-4-11(2)5-8-13;1-3-4-2;1-2-3;1-2/h4-10H,11,19H2,1-3H3;4-10H,3H2,1-2H3;3H,1,4H2,2H3;1H2;1-2H3. The van der Waals surface area contributed by atoms with Gasteiger partial charge in [0.2, 0.25) is 0 Å². The van der Waals surface area contributed by atoms with E-state index in [1.165, 1.54) is 31.9 Å². The van der Waals surface area contributed by atoms with Gasteiger partial charge in [0.15, 0.2) is 0 Å². The third kappa shape index (κ3) is 16.8. The van der Waals surface area contributed by atoms with Crippen LogP contribution in [0, 0.1) is 13.8 Å². The number of carbonyl (C=O) groups excluding carboxylic acids is 1. The van der Waals surface area contributed by atoms with Gasteiger partial charge in [0.1, 0.15) is 34.6 Å². The lowest BCUT2D eigenvalue weighted by Crippen LogP contribution is -2.11. The summed E-state index contributed by atoms with van der Waals surface area (Å²) in [5.41, 5.74) is 7.84. The molecular formula is C41H51F4NO3. The molecule has 0 bridgehead atoms. The van der Waals surface area contributed by atoms with Crippen molar-refractivity contribution < 1.29 is 31.8 Å². The second-order valence-corrected chi connectivity index (χ2v) is 10.9. The molecule has 0 aliphatic rings. The molecule has 0 amide bonds. The first-order valence-electron chi connectivity index (χ1n) is 16.1. The molecule has 266 valence electrons. The summed E-state index contributed by atoms with van der Waals surface area (Å²) in [4.78, 5) is 8.57. The lowest BCUT2D eigenvalue weighted by Gasteiger charge is -2.20. The fourth-order valence-electron chi connectivity index (χ4n) is 3.84. The minimum absolute atomic E-state index is 0.152. The Kier molecular flexibility index (Phi) is 20.7. The average molecular weight is 682 g/mol. The van der Waals surface area contributed by atoms with E-state index in [1.807, 2.05) is 71.0 Å². The zero-order chi connectivity index (χ0) is 37.6. The molecule has 0 fully saturated rings. The Balaban J connectivity index is 0.000000758. The Morgan fingerprint density at radius 3 is 1.45 bits per heavy atom. The van der Waals surface area contributed by atoms with Crippen molar-refractivity contribution in [3.05, 3.63) is 138 Å². The molecule has 4 nitrogen and oxygen atoms in total. The molecule has 0 saturated heterocycles. The minimum Gasteiger partial charge on any atom is -0.457 e. The Hall–Kier alpha value is -4.65. The van der Waals surface area contributed by atoms with Crippen molar-refractivity contribution in [2.24, 2.45) is 5.73 Å². The number of hydrogen-bond acceptors (Lipinski definition) is 4. The lowest BCUT2D eigenvalue weighted by molar-refractivity contribution is -0.138. The molecule has 0 heterocycles. The molecule has 0 radical (unpaired) electrons. The summed E-state index contributed by atoms with van der Waals surface area (Å²) < 4.78 is 64.4. The van der Waals surface area contributed by atoms with Gasteiger partial charge < -0.3 is 15.2 Å². The summed E-state index contributed by atoms with van der Waals surface area (Å²) in [6, 6.07) is 24.0. The number of ether oxygens (including phenoxy) is 2. The van der Waals surface area contributed by atoms with Crippen LogP contribution in [0.1, 0.15) is 81.3 Å². The van der Waals surface area contributed by atoms with E-state index in [0.29, 0.717) is 35.8 Å². The molecule has 0 atom stereocenters. The van der Waals surface area contributed by atoms with Crippen LogP contribution in [0.25, 0.3) is 0 Å². The van der Waals surface area contributed by atoms with Crippen molar-refractivity contribution in [2.75, 3.05) is 0 Å². The fraction of sp³-hybridized carbons (Fsp3) is 0.317. The zero-order valence-electron chi connectivity index (χ0n) is 30.0. The second kappa shape index (κ2) is 22.8. The summed E-state index contributed by atoms with van der Waals surface area (Å²) in [6.07, 6.45) is -0.811. The van der Waals surface area contributed by atoms with Crippen LogP contribution in [0.15, 0.2) is 104 Å². The Labute approximate surface area is 290 Å². The second-order valence-electron chi connectivity index (χ2n) is 10.9. The molecule has 2 N–H and O–H groups in total. The molecule has 0 saturated carbocycles. The van der Waals surface area contributed by atoms with Gasteiger partial charge in [0.05, 0.1) is 5.56 Å². The number of aryl methyl sites for hydroxylation is 3. The van der Waals surface area contributed by atoms with Crippen LogP contribution in [0.4, 0.5) is 17.6 Å². The first-order valence-corrected chi connectivity index (χ1v) is 16.1. The predicted octanol–water partition coefficient (Wildman–Crippen LogP) is 12.4. The van der Waals surface area contributed by atoms with Gasteiger partial charge in [-0.05, 0) is 101 Å². The van der Waals surface area contributed by atoms with Gasteiger partial charge in [0.25, 0.3) is 0 Å². The molecule has 0 aliphatic heterocycles. The summed E-state index contributed by atoms with van der Waals surface area (Å²) in [6.45, 7) is 21.5. The van der Waals surface area contributed by atoms with Gasteiger partial charge in [-0.2, -0.15) is 13.2 Å². The lowest BCUT2D eigenvalue weighted by atomic mass is 9.97. The molecule has 0 spiro atoms. The first kappa shape index (κ1) is 44.4. The number of hydrogen-bond donors (Lipinski definition) is 1. The van der Waals surface area contributed by atoms with Crippen LogP contribution in [-0.2, 0) is 29.6 Å². The van der Waals surface area contributed by atoms with E-state index in [4.69, 9.17) is 20.0 Å². The van der Waals surface area contributed by atoms with Crippen molar-refractivity contribution in [1.82, 2.24) is 0 Å². The maximum absolute atomic E-state index is 14.3. The maximum atomic E-state index is 14.3. The molecule has 4 aromatic rings. The third-order valence-corrected chi connectivity index (χ3v) is 6.47. The van der Waals surface area contributed by atoms with Crippen molar-refractivity contribution in [2.45, 2.75) is 86.6 Å². The molecule has 8 heteroatoms. The van der Waals surface area contributed by atoms with Crippen molar-refractivity contribution in [3.63, 3.8) is 0 Å². The molecule has 0 unspecified atom stereocenters. The monoisotopic (exact) mass is 681 g/mol. The van der Waals surface area contributed by atoms with Gasteiger partial charge in [-0.3, -0.25) is 0 Å². The summed E-state index contributed by atoms with van der Waals surface area (Å²) in [7, 11) is 0. The number of benzene rings is 4. The van der Waals surface area contributed by atoms with Gasteiger partial charge in [0, 0.05) is 12.1 Å². The quantitative estimate of drug-likeness (QED) is 0.114.